The van der Waals surface area contributed by atoms with Crippen molar-refractivity contribution in [3.8, 4) is 0 Å². The minimum absolute atomic E-state index is 0.0522. The Morgan fingerprint density at radius 1 is 1.10 bits per heavy atom. The molecule has 1 aliphatic carbocycles. The zero-order valence-electron chi connectivity index (χ0n) is 14.0. The Hall–Kier alpha value is -0.860. The minimum atomic E-state index is -0.0522. The van der Waals surface area contributed by atoms with E-state index in [2.05, 4.69) is 57.3 Å². The van der Waals surface area contributed by atoms with Gasteiger partial charge in [0.2, 0.25) is 0 Å². The molecule has 0 amide bonds. The molecular formula is C19H31NO. The molecule has 21 heavy (non-hydrogen) atoms. The smallest absolute Gasteiger partial charge is 0.0540 e. The topological polar surface area (TPSA) is 32.3 Å². The zero-order valence-corrected chi connectivity index (χ0v) is 14.0. The number of aliphatic hydroxyl groups is 1. The second-order valence-electron chi connectivity index (χ2n) is 7.68. The highest BCUT2D eigenvalue weighted by Crippen LogP contribution is 2.26. The number of aliphatic hydroxyl groups excluding tert-OH is 1. The molecule has 2 N–H and O–H groups in total. The summed E-state index contributed by atoms with van der Waals surface area (Å²) >= 11 is 0. The lowest BCUT2D eigenvalue weighted by Crippen LogP contribution is -2.29. The average Bonchev–Trinajstić information content (AvgIpc) is 2.45. The van der Waals surface area contributed by atoms with Gasteiger partial charge < -0.3 is 10.4 Å². The molecule has 0 aliphatic heterocycles. The molecule has 1 fully saturated rings. The van der Waals surface area contributed by atoms with Crippen molar-refractivity contribution < 1.29 is 5.11 Å². The molecule has 2 rings (SSSR count). The molecule has 1 atom stereocenters. The van der Waals surface area contributed by atoms with Crippen molar-refractivity contribution in [3.05, 3.63) is 35.4 Å². The van der Waals surface area contributed by atoms with E-state index < -0.39 is 0 Å². The van der Waals surface area contributed by atoms with E-state index in [1.165, 1.54) is 11.1 Å². The lowest BCUT2D eigenvalue weighted by atomic mass is 9.86. The van der Waals surface area contributed by atoms with E-state index >= 15 is 0 Å². The van der Waals surface area contributed by atoms with Crippen LogP contribution < -0.4 is 5.32 Å². The third kappa shape index (κ3) is 4.82. The summed E-state index contributed by atoms with van der Waals surface area (Å²) in [6, 6.07) is 9.41. The Bertz CT molecular complexity index is 424. The van der Waals surface area contributed by atoms with E-state index in [0.717, 1.165) is 38.1 Å². The van der Waals surface area contributed by atoms with Gasteiger partial charge in [-0.05, 0) is 61.6 Å². The Morgan fingerprint density at radius 3 is 2.19 bits per heavy atom. The standard InChI is InChI=1S/C19H31NO/c1-14(20-13-15-5-11-18(21)12-6-15)16-7-9-17(10-8-16)19(2,3)4/h7-10,14-15,18,20-21H,5-6,11-13H2,1-4H3. The molecule has 0 saturated heterocycles. The fourth-order valence-corrected chi connectivity index (χ4v) is 3.08. The molecule has 0 bridgehead atoms. The molecule has 0 heterocycles. The Balaban J connectivity index is 1.84. The van der Waals surface area contributed by atoms with Gasteiger partial charge in [0.05, 0.1) is 6.10 Å². The minimum Gasteiger partial charge on any atom is -0.393 e. The van der Waals surface area contributed by atoms with Crippen molar-refractivity contribution >= 4 is 0 Å². The summed E-state index contributed by atoms with van der Waals surface area (Å²) in [6.45, 7) is 10.1. The molecule has 0 aromatic heterocycles. The maximum Gasteiger partial charge on any atom is 0.0540 e. The van der Waals surface area contributed by atoms with Gasteiger partial charge in [-0.2, -0.15) is 0 Å². The lowest BCUT2D eigenvalue weighted by molar-refractivity contribution is 0.108. The number of hydrogen-bond acceptors (Lipinski definition) is 2. The second-order valence-corrected chi connectivity index (χ2v) is 7.68. The van der Waals surface area contributed by atoms with E-state index in [0.29, 0.717) is 6.04 Å². The quantitative estimate of drug-likeness (QED) is 0.871. The van der Waals surface area contributed by atoms with Crippen LogP contribution in [0.15, 0.2) is 24.3 Å². The monoisotopic (exact) mass is 289 g/mol. The molecule has 2 heteroatoms. The molecular weight excluding hydrogens is 258 g/mol. The first-order valence-electron chi connectivity index (χ1n) is 8.38. The van der Waals surface area contributed by atoms with Crippen molar-refractivity contribution in [1.82, 2.24) is 5.32 Å². The van der Waals surface area contributed by atoms with E-state index in [4.69, 9.17) is 0 Å². The fraction of sp³-hybridized carbons (Fsp3) is 0.684. The van der Waals surface area contributed by atoms with Gasteiger partial charge in [-0.1, -0.05) is 45.0 Å². The predicted molar refractivity (Wildman–Crippen MR) is 89.5 cm³/mol. The third-order valence-corrected chi connectivity index (χ3v) is 4.81. The highest BCUT2D eigenvalue weighted by Gasteiger charge is 2.20. The molecule has 1 unspecified atom stereocenters. The Labute approximate surface area is 130 Å². The fourth-order valence-electron chi connectivity index (χ4n) is 3.08. The predicted octanol–water partition coefficient (Wildman–Crippen LogP) is 4.19. The summed E-state index contributed by atoms with van der Waals surface area (Å²) in [5, 5.41) is 13.2. The molecule has 0 radical (unpaired) electrons. The van der Waals surface area contributed by atoms with Crippen molar-refractivity contribution in [2.75, 3.05) is 6.54 Å². The van der Waals surface area contributed by atoms with Crippen LogP contribution in [0.2, 0.25) is 0 Å². The first-order chi connectivity index (χ1) is 9.86. The van der Waals surface area contributed by atoms with Crippen LogP contribution in [0.5, 0.6) is 0 Å². The van der Waals surface area contributed by atoms with Crippen molar-refractivity contribution in [2.45, 2.75) is 70.9 Å². The molecule has 118 valence electrons. The second kappa shape index (κ2) is 6.93. The summed E-state index contributed by atoms with van der Waals surface area (Å²) in [5.41, 5.74) is 2.97. The van der Waals surface area contributed by atoms with Crippen LogP contribution in [-0.4, -0.2) is 17.8 Å². The zero-order chi connectivity index (χ0) is 15.5. The highest BCUT2D eigenvalue weighted by atomic mass is 16.3. The van der Waals surface area contributed by atoms with Gasteiger partial charge in [-0.25, -0.2) is 0 Å². The molecule has 1 aliphatic rings. The van der Waals surface area contributed by atoms with Gasteiger partial charge in [-0.15, -0.1) is 0 Å². The number of rotatable bonds is 4. The molecule has 1 aromatic rings. The van der Waals surface area contributed by atoms with Gasteiger partial charge in [0.1, 0.15) is 0 Å². The first-order valence-corrected chi connectivity index (χ1v) is 8.38. The molecule has 0 spiro atoms. The van der Waals surface area contributed by atoms with Gasteiger partial charge in [-0.3, -0.25) is 0 Å². The Kier molecular flexibility index (Phi) is 5.45. The van der Waals surface area contributed by atoms with E-state index in [1.54, 1.807) is 0 Å². The molecule has 1 aromatic carbocycles. The SMILES string of the molecule is CC(NCC1CCC(O)CC1)c1ccc(C(C)(C)C)cc1. The Morgan fingerprint density at radius 2 is 1.67 bits per heavy atom. The van der Waals surface area contributed by atoms with Crippen molar-refractivity contribution in [1.29, 1.82) is 0 Å². The highest BCUT2D eigenvalue weighted by molar-refractivity contribution is 5.29. The molecule has 2 nitrogen and oxygen atoms in total. The number of nitrogens with one attached hydrogen (secondary N) is 1. The summed E-state index contributed by atoms with van der Waals surface area (Å²) in [6.07, 6.45) is 4.21. The average molecular weight is 289 g/mol. The van der Waals surface area contributed by atoms with Gasteiger partial charge in [0.25, 0.3) is 0 Å². The van der Waals surface area contributed by atoms with Crippen LogP contribution >= 0.6 is 0 Å². The van der Waals surface area contributed by atoms with Crippen molar-refractivity contribution in [3.63, 3.8) is 0 Å². The largest absolute Gasteiger partial charge is 0.393 e. The maximum atomic E-state index is 9.55. The van der Waals surface area contributed by atoms with Crippen LogP contribution in [0.25, 0.3) is 0 Å². The van der Waals surface area contributed by atoms with Crippen molar-refractivity contribution in [2.24, 2.45) is 5.92 Å². The van der Waals surface area contributed by atoms with Gasteiger partial charge >= 0.3 is 0 Å². The normalized spacial score (nSPS) is 24.8. The van der Waals surface area contributed by atoms with E-state index in [-0.39, 0.29) is 11.5 Å². The van der Waals surface area contributed by atoms with Gasteiger partial charge in [0, 0.05) is 6.04 Å². The van der Waals surface area contributed by atoms with Crippen LogP contribution in [0, 0.1) is 5.92 Å². The third-order valence-electron chi connectivity index (χ3n) is 4.81. The number of benzene rings is 1. The number of hydrogen-bond donors (Lipinski definition) is 2. The van der Waals surface area contributed by atoms with E-state index in [9.17, 15) is 5.11 Å². The summed E-state index contributed by atoms with van der Waals surface area (Å²) in [5.74, 6) is 0.727. The summed E-state index contributed by atoms with van der Waals surface area (Å²) < 4.78 is 0. The van der Waals surface area contributed by atoms with Crippen LogP contribution in [0.4, 0.5) is 0 Å². The van der Waals surface area contributed by atoms with Crippen LogP contribution in [-0.2, 0) is 5.41 Å². The summed E-state index contributed by atoms with van der Waals surface area (Å²) in [7, 11) is 0. The first kappa shape index (κ1) is 16.5. The molecule has 1 saturated carbocycles. The lowest BCUT2D eigenvalue weighted by Gasteiger charge is -2.27. The van der Waals surface area contributed by atoms with Crippen LogP contribution in [0.3, 0.4) is 0 Å². The van der Waals surface area contributed by atoms with Crippen LogP contribution in [0.1, 0.15) is 70.5 Å². The van der Waals surface area contributed by atoms with Gasteiger partial charge in [0.15, 0.2) is 0 Å². The maximum absolute atomic E-state index is 9.55. The summed E-state index contributed by atoms with van der Waals surface area (Å²) in [4.78, 5) is 0. The van der Waals surface area contributed by atoms with E-state index in [1.807, 2.05) is 0 Å².